The molecule has 0 aliphatic carbocycles. The summed E-state index contributed by atoms with van der Waals surface area (Å²) in [6.07, 6.45) is 11.9. The van der Waals surface area contributed by atoms with Gasteiger partial charge < -0.3 is 24.1 Å². The van der Waals surface area contributed by atoms with Gasteiger partial charge in [-0.3, -0.25) is 4.79 Å². The van der Waals surface area contributed by atoms with E-state index in [-0.39, 0.29) is 13.6 Å². The molecule has 152 valence electrons. The Morgan fingerprint density at radius 2 is 1.30 bits per heavy atom. The van der Waals surface area contributed by atoms with Gasteiger partial charge in [0.25, 0.3) is 0 Å². The van der Waals surface area contributed by atoms with Gasteiger partial charge in [0.05, 0.1) is 0 Å². The first-order chi connectivity index (χ1) is 14.7. The van der Waals surface area contributed by atoms with E-state index in [0.29, 0.717) is 11.5 Å². The summed E-state index contributed by atoms with van der Waals surface area (Å²) in [5.41, 5.74) is 1.85. The molecule has 1 atom stereocenters. The lowest BCUT2D eigenvalue weighted by Crippen LogP contribution is -2.14. The van der Waals surface area contributed by atoms with Crippen LogP contribution in [-0.4, -0.2) is 30.6 Å². The van der Waals surface area contributed by atoms with E-state index in [9.17, 15) is 9.90 Å². The second kappa shape index (κ2) is 9.15. The molecule has 30 heavy (non-hydrogen) atoms. The molecule has 0 spiro atoms. The molecule has 0 saturated carbocycles. The highest BCUT2D eigenvalue weighted by atomic mass is 16.7. The molecule has 0 fully saturated rings. The quantitative estimate of drug-likeness (QED) is 0.557. The van der Waals surface area contributed by atoms with E-state index in [1.165, 1.54) is 12.2 Å². The molecular formula is C24H20O6. The Hall–Kier alpha value is -3.77. The fraction of sp³-hybridized carbons (Fsp3) is 0.125. The Bertz CT molecular complexity index is 1050. The van der Waals surface area contributed by atoms with Gasteiger partial charge in [-0.1, -0.05) is 48.6 Å². The molecule has 6 nitrogen and oxygen atoms in total. The molecule has 6 heteroatoms. The molecule has 0 saturated heterocycles. The van der Waals surface area contributed by atoms with E-state index in [4.69, 9.17) is 18.9 Å². The lowest BCUT2D eigenvalue weighted by atomic mass is 10.1. The fourth-order valence-corrected chi connectivity index (χ4v) is 2.88. The number of aliphatic hydroxyl groups is 1. The number of hydrogen-bond acceptors (Lipinski definition) is 6. The van der Waals surface area contributed by atoms with Gasteiger partial charge in [0.1, 0.15) is 6.10 Å². The largest absolute Gasteiger partial charge is 0.454 e. The summed E-state index contributed by atoms with van der Waals surface area (Å²) < 4.78 is 21.2. The van der Waals surface area contributed by atoms with Crippen molar-refractivity contribution >= 4 is 17.9 Å². The molecule has 0 radical (unpaired) electrons. The maximum Gasteiger partial charge on any atom is 0.231 e. The number of carbonyl (C=O) groups excluding carboxylic acids is 1. The number of hydrogen-bond donors (Lipinski definition) is 1. The maximum atomic E-state index is 12.0. The molecule has 0 amide bonds. The van der Waals surface area contributed by atoms with Crippen molar-refractivity contribution < 1.29 is 28.8 Å². The van der Waals surface area contributed by atoms with E-state index < -0.39 is 11.9 Å². The van der Waals surface area contributed by atoms with Gasteiger partial charge in [-0.15, -0.1) is 0 Å². The number of fused-ring (bicyclic) bond motifs is 2. The van der Waals surface area contributed by atoms with E-state index in [2.05, 4.69) is 0 Å². The Morgan fingerprint density at radius 1 is 0.767 bits per heavy atom. The normalized spacial score (nSPS) is 15.8. The number of rotatable bonds is 7. The molecule has 2 aromatic carbocycles. The van der Waals surface area contributed by atoms with Crippen molar-refractivity contribution in [2.24, 2.45) is 0 Å². The molecule has 2 aromatic rings. The van der Waals surface area contributed by atoms with Gasteiger partial charge in [-0.2, -0.15) is 0 Å². The van der Waals surface area contributed by atoms with E-state index in [0.717, 1.165) is 22.6 Å². The van der Waals surface area contributed by atoms with Crippen molar-refractivity contribution in [2.45, 2.75) is 6.10 Å². The second-order valence-corrected chi connectivity index (χ2v) is 6.53. The minimum absolute atomic E-state index is 0.230. The van der Waals surface area contributed by atoms with Crippen LogP contribution in [0.5, 0.6) is 23.0 Å². The highest BCUT2D eigenvalue weighted by molar-refractivity contribution is 5.95. The molecule has 0 bridgehead atoms. The number of ether oxygens (including phenoxy) is 4. The first kappa shape index (κ1) is 19.5. The molecular weight excluding hydrogens is 384 g/mol. The summed E-state index contributed by atoms with van der Waals surface area (Å²) in [4.78, 5) is 12.0. The van der Waals surface area contributed by atoms with Gasteiger partial charge in [-0.05, 0) is 47.5 Å². The second-order valence-electron chi connectivity index (χ2n) is 6.53. The number of carbonyl (C=O) groups is 1. The van der Waals surface area contributed by atoms with Crippen molar-refractivity contribution in [3.05, 3.63) is 84.0 Å². The first-order valence-electron chi connectivity index (χ1n) is 9.40. The standard InChI is InChI=1S/C24H20O6/c25-19(7-3-1-5-17-9-11-21-23(13-17)29-15-27-21)20(26)8-4-2-6-18-10-12-22-24(14-18)30-16-28-22/h1-14,19,25H,15-16H2/b5-1+,6-2+,7-3+,8-4+/t19-/m0/s1. The average molecular weight is 404 g/mol. The molecule has 2 heterocycles. The van der Waals surface area contributed by atoms with Gasteiger partial charge in [-0.25, -0.2) is 0 Å². The smallest absolute Gasteiger partial charge is 0.231 e. The van der Waals surface area contributed by atoms with Crippen LogP contribution in [0.2, 0.25) is 0 Å². The van der Waals surface area contributed by atoms with Gasteiger partial charge in [0.15, 0.2) is 28.8 Å². The van der Waals surface area contributed by atoms with Crippen LogP contribution in [0.1, 0.15) is 11.1 Å². The van der Waals surface area contributed by atoms with Crippen LogP contribution in [0.4, 0.5) is 0 Å². The number of benzene rings is 2. The third-order valence-electron chi connectivity index (χ3n) is 4.44. The predicted molar refractivity (Wildman–Crippen MR) is 112 cm³/mol. The fourth-order valence-electron chi connectivity index (χ4n) is 2.88. The minimum atomic E-state index is -1.21. The van der Waals surface area contributed by atoms with Gasteiger partial charge in [0.2, 0.25) is 13.6 Å². The van der Waals surface area contributed by atoms with Crippen LogP contribution in [0.3, 0.4) is 0 Å². The van der Waals surface area contributed by atoms with E-state index in [1.54, 1.807) is 24.3 Å². The van der Waals surface area contributed by atoms with Crippen molar-refractivity contribution in [1.29, 1.82) is 0 Å². The molecule has 1 N–H and O–H groups in total. The zero-order valence-electron chi connectivity index (χ0n) is 16.1. The average Bonchev–Trinajstić information content (AvgIpc) is 3.42. The third-order valence-corrected chi connectivity index (χ3v) is 4.44. The molecule has 0 unspecified atom stereocenters. The Balaban J connectivity index is 1.27. The monoisotopic (exact) mass is 404 g/mol. The lowest BCUT2D eigenvalue weighted by molar-refractivity contribution is -0.120. The third kappa shape index (κ3) is 4.79. The van der Waals surface area contributed by atoms with Gasteiger partial charge >= 0.3 is 0 Å². The zero-order valence-corrected chi connectivity index (χ0v) is 16.1. The summed E-state index contributed by atoms with van der Waals surface area (Å²) in [7, 11) is 0. The van der Waals surface area contributed by atoms with Crippen LogP contribution >= 0.6 is 0 Å². The summed E-state index contributed by atoms with van der Waals surface area (Å²) in [5, 5.41) is 9.95. The summed E-state index contributed by atoms with van der Waals surface area (Å²) >= 11 is 0. The predicted octanol–water partition coefficient (Wildman–Crippen LogP) is 3.91. The summed E-state index contributed by atoms with van der Waals surface area (Å²) in [6, 6.07) is 11.2. The van der Waals surface area contributed by atoms with E-state index in [1.807, 2.05) is 48.6 Å². The van der Waals surface area contributed by atoms with Crippen LogP contribution in [0.15, 0.2) is 72.9 Å². The van der Waals surface area contributed by atoms with Crippen molar-refractivity contribution in [2.75, 3.05) is 13.6 Å². The lowest BCUT2D eigenvalue weighted by Gasteiger charge is -1.99. The molecule has 2 aliphatic heterocycles. The maximum absolute atomic E-state index is 12.0. The minimum Gasteiger partial charge on any atom is -0.454 e. The van der Waals surface area contributed by atoms with E-state index >= 15 is 0 Å². The van der Waals surface area contributed by atoms with Crippen LogP contribution in [0, 0.1) is 0 Å². The highest BCUT2D eigenvalue weighted by Crippen LogP contribution is 2.33. The van der Waals surface area contributed by atoms with Crippen molar-refractivity contribution in [3.63, 3.8) is 0 Å². The van der Waals surface area contributed by atoms with Crippen molar-refractivity contribution in [3.8, 4) is 23.0 Å². The Morgan fingerprint density at radius 3 is 1.90 bits per heavy atom. The SMILES string of the molecule is O=C(/C=C/C=C/c1ccc2c(c1)OCO2)[C@@H](O)/C=C/C=C/c1ccc2c(c1)OCO2. The highest BCUT2D eigenvalue weighted by Gasteiger charge is 2.13. The van der Waals surface area contributed by atoms with Crippen LogP contribution in [0.25, 0.3) is 12.2 Å². The molecule has 0 aromatic heterocycles. The molecule has 4 rings (SSSR count). The Kier molecular flexibility index (Phi) is 5.96. The zero-order chi connectivity index (χ0) is 20.8. The first-order valence-corrected chi connectivity index (χ1v) is 9.40. The topological polar surface area (TPSA) is 74.2 Å². The molecule has 2 aliphatic rings. The number of ketones is 1. The number of allylic oxidation sites excluding steroid dienone is 4. The summed E-state index contributed by atoms with van der Waals surface area (Å²) in [6.45, 7) is 0.463. The Labute approximate surface area is 174 Å². The van der Waals surface area contributed by atoms with Crippen LogP contribution < -0.4 is 18.9 Å². The van der Waals surface area contributed by atoms with Gasteiger partial charge in [0, 0.05) is 0 Å². The van der Waals surface area contributed by atoms with Crippen LogP contribution in [-0.2, 0) is 4.79 Å². The van der Waals surface area contributed by atoms with Crippen molar-refractivity contribution in [1.82, 2.24) is 0 Å². The number of aliphatic hydroxyl groups excluding tert-OH is 1. The summed E-state index contributed by atoms with van der Waals surface area (Å²) in [5.74, 6) is 2.45.